The normalized spacial score (nSPS) is 25.7. The molecule has 0 unspecified atom stereocenters. The fourth-order valence-corrected chi connectivity index (χ4v) is 5.87. The van der Waals surface area contributed by atoms with Gasteiger partial charge in [0.2, 0.25) is 16.0 Å². The smallest absolute Gasteiger partial charge is 0.375 e. The summed E-state index contributed by atoms with van der Waals surface area (Å²) in [5.74, 6) is -0.00174. The Morgan fingerprint density at radius 2 is 2.03 bits per heavy atom. The zero-order valence-corrected chi connectivity index (χ0v) is 19.6. The van der Waals surface area contributed by atoms with Crippen molar-refractivity contribution in [2.24, 2.45) is 4.99 Å². The van der Waals surface area contributed by atoms with Crippen molar-refractivity contribution >= 4 is 21.8 Å². The van der Waals surface area contributed by atoms with Crippen molar-refractivity contribution in [2.45, 2.75) is 69.9 Å². The second-order valence-corrected chi connectivity index (χ2v) is 10.8. The maximum Gasteiger partial charge on any atom is 0.390 e. The van der Waals surface area contributed by atoms with Crippen LogP contribution in [-0.2, 0) is 21.3 Å². The van der Waals surface area contributed by atoms with Crippen LogP contribution in [0.1, 0.15) is 50.3 Å². The number of nitrogens with one attached hydrogen (secondary N) is 1. The first-order valence-electron chi connectivity index (χ1n) is 11.3. The zero-order valence-electron chi connectivity index (χ0n) is 18.8. The molecule has 0 bridgehead atoms. The second-order valence-electron chi connectivity index (χ2n) is 8.95. The van der Waals surface area contributed by atoms with Gasteiger partial charge in [0.1, 0.15) is 5.84 Å². The Hall–Kier alpha value is -2.03. The average Bonchev–Trinajstić information content (AvgIpc) is 3.20. The van der Waals surface area contributed by atoms with Crippen LogP contribution in [0, 0.1) is 0 Å². The summed E-state index contributed by atoms with van der Waals surface area (Å²) in [7, 11) is -4.02. The lowest BCUT2D eigenvalue weighted by molar-refractivity contribution is -0.130. The monoisotopic (exact) mass is 506 g/mol. The fourth-order valence-electron chi connectivity index (χ4n) is 4.50. The van der Waals surface area contributed by atoms with E-state index in [0.717, 1.165) is 35.2 Å². The van der Waals surface area contributed by atoms with Crippen LogP contribution in [-0.4, -0.2) is 84.1 Å². The van der Waals surface area contributed by atoms with E-state index in [4.69, 9.17) is 4.74 Å². The van der Waals surface area contributed by atoms with Crippen molar-refractivity contribution in [3.8, 4) is 0 Å². The molecule has 34 heavy (non-hydrogen) atoms. The molecule has 14 heteroatoms. The number of halogens is 3. The van der Waals surface area contributed by atoms with Crippen LogP contribution < -0.4 is 9.79 Å². The first kappa shape index (κ1) is 25.1. The highest BCUT2D eigenvalue weighted by Gasteiger charge is 2.33. The molecule has 1 saturated carbocycles. The third-order valence-corrected chi connectivity index (χ3v) is 7.70. The second kappa shape index (κ2) is 9.91. The summed E-state index contributed by atoms with van der Waals surface area (Å²) in [6, 6.07) is -0.786. The van der Waals surface area contributed by atoms with E-state index in [1.54, 1.807) is 6.20 Å². The Bertz CT molecular complexity index is 1010. The summed E-state index contributed by atoms with van der Waals surface area (Å²) >= 11 is 0. The predicted molar refractivity (Wildman–Crippen MR) is 117 cm³/mol. The van der Waals surface area contributed by atoms with E-state index in [-0.39, 0.29) is 18.1 Å². The molecule has 1 saturated heterocycles. The molecule has 1 atom stereocenters. The van der Waals surface area contributed by atoms with E-state index in [1.165, 1.54) is 0 Å². The number of ether oxygens (including phenoxy) is 1. The Morgan fingerprint density at radius 1 is 1.29 bits per heavy atom. The number of hydrogen-bond donors (Lipinski definition) is 2. The van der Waals surface area contributed by atoms with Gasteiger partial charge in [-0.05, 0) is 32.6 Å². The quantitative estimate of drug-likeness (QED) is 0.561. The maximum absolute atomic E-state index is 12.3. The van der Waals surface area contributed by atoms with Gasteiger partial charge in [0.05, 0.1) is 48.7 Å². The van der Waals surface area contributed by atoms with Gasteiger partial charge in [0, 0.05) is 25.3 Å². The molecular formula is C20H29F3N6O4S. The molecule has 2 N–H and O–H groups in total. The highest BCUT2D eigenvalue weighted by Crippen LogP contribution is 2.28. The third kappa shape index (κ3) is 6.15. The summed E-state index contributed by atoms with van der Waals surface area (Å²) in [5, 5.41) is 11.7. The Kier molecular flexibility index (Phi) is 7.31. The van der Waals surface area contributed by atoms with Crippen molar-refractivity contribution in [2.75, 3.05) is 30.5 Å². The van der Waals surface area contributed by atoms with Gasteiger partial charge in [-0.25, -0.2) is 28.2 Å². The molecule has 1 aromatic heterocycles. The number of nitrogens with zero attached hydrogens (tertiary/aromatic N) is 5. The van der Waals surface area contributed by atoms with Crippen molar-refractivity contribution in [3.63, 3.8) is 0 Å². The molecule has 0 amide bonds. The molecule has 1 aromatic rings. The first-order chi connectivity index (χ1) is 16.0. The summed E-state index contributed by atoms with van der Waals surface area (Å²) < 4.78 is 68.8. The molecule has 4 rings (SSSR count). The number of sulfonamides is 1. The standard InChI is InChI=1S/C20H29F3N6O4S/c1-13-12-28(7-8-33-13)18-16-10-25-19(26-17(16)11-24-18)29(30)15-4-2-14(3-5-15)27-34(31,32)9-6-20(21,22)23/h10,13-15,27,30H,2-9,11-12H2,1H3/t13-,14?,15?/m0/s1. The van der Waals surface area contributed by atoms with E-state index < -0.39 is 34.4 Å². The lowest BCUT2D eigenvalue weighted by Gasteiger charge is -2.33. The number of hydrogen-bond acceptors (Lipinski definition) is 9. The SMILES string of the molecule is C[C@H]1CN(C2=NCc3nc(N(O)C4CCC(NS(=O)(=O)CCC(F)(F)F)CC4)ncc32)CCO1. The van der Waals surface area contributed by atoms with Crippen LogP contribution in [0.3, 0.4) is 0 Å². The molecule has 1 aliphatic carbocycles. The average molecular weight is 507 g/mol. The first-order valence-corrected chi connectivity index (χ1v) is 13.0. The number of anilines is 1. The minimum absolute atomic E-state index is 0.109. The van der Waals surface area contributed by atoms with Crippen LogP contribution in [0.15, 0.2) is 11.2 Å². The van der Waals surface area contributed by atoms with Crippen molar-refractivity contribution in [3.05, 3.63) is 17.5 Å². The summed E-state index contributed by atoms with van der Waals surface area (Å²) in [6.45, 7) is 4.50. The maximum atomic E-state index is 12.3. The Morgan fingerprint density at radius 3 is 2.71 bits per heavy atom. The summed E-state index contributed by atoms with van der Waals surface area (Å²) in [4.78, 5) is 15.6. The van der Waals surface area contributed by atoms with Gasteiger partial charge < -0.3 is 9.64 Å². The van der Waals surface area contributed by atoms with Gasteiger partial charge in [-0.1, -0.05) is 0 Å². The Balaban J connectivity index is 1.31. The molecule has 10 nitrogen and oxygen atoms in total. The molecule has 2 aliphatic heterocycles. The van der Waals surface area contributed by atoms with Gasteiger partial charge >= 0.3 is 6.18 Å². The van der Waals surface area contributed by atoms with Crippen molar-refractivity contribution < 1.29 is 31.5 Å². The Labute approximate surface area is 196 Å². The van der Waals surface area contributed by atoms with E-state index in [9.17, 15) is 26.8 Å². The van der Waals surface area contributed by atoms with E-state index in [0.29, 0.717) is 38.8 Å². The number of rotatable bonds is 6. The minimum Gasteiger partial charge on any atom is -0.375 e. The molecule has 3 aliphatic rings. The topological polar surface area (TPSA) is 120 Å². The van der Waals surface area contributed by atoms with Crippen LogP contribution in [0.4, 0.5) is 19.1 Å². The minimum atomic E-state index is -4.52. The third-order valence-electron chi connectivity index (χ3n) is 6.26. The van der Waals surface area contributed by atoms with Crippen molar-refractivity contribution in [1.29, 1.82) is 0 Å². The number of amidine groups is 1. The number of aromatic nitrogens is 2. The van der Waals surface area contributed by atoms with Gasteiger partial charge in [-0.3, -0.25) is 10.2 Å². The number of morpholine rings is 1. The van der Waals surface area contributed by atoms with Crippen LogP contribution in [0.25, 0.3) is 0 Å². The number of alkyl halides is 3. The lowest BCUT2D eigenvalue weighted by Crippen LogP contribution is -2.45. The fraction of sp³-hybridized carbons (Fsp3) is 0.750. The molecule has 190 valence electrons. The largest absolute Gasteiger partial charge is 0.390 e. The number of aliphatic imine (C=N–C) groups is 1. The number of fused-ring (bicyclic) bond motifs is 1. The molecule has 0 aromatic carbocycles. The predicted octanol–water partition coefficient (Wildman–Crippen LogP) is 1.84. The van der Waals surface area contributed by atoms with Gasteiger partial charge in [0.25, 0.3) is 0 Å². The van der Waals surface area contributed by atoms with E-state index in [2.05, 4.69) is 24.6 Å². The zero-order chi connectivity index (χ0) is 24.5. The molecule has 2 fully saturated rings. The van der Waals surface area contributed by atoms with Crippen molar-refractivity contribution in [1.82, 2.24) is 19.6 Å². The van der Waals surface area contributed by atoms with Crippen LogP contribution in [0.5, 0.6) is 0 Å². The van der Waals surface area contributed by atoms with E-state index >= 15 is 0 Å². The summed E-state index contributed by atoms with van der Waals surface area (Å²) in [6.07, 6.45) is -2.47. The van der Waals surface area contributed by atoms with E-state index in [1.807, 2.05) is 6.92 Å². The molecule has 0 radical (unpaired) electrons. The van der Waals surface area contributed by atoms with Crippen LogP contribution in [0.2, 0.25) is 0 Å². The number of hydroxylamine groups is 1. The highest BCUT2D eigenvalue weighted by atomic mass is 32.2. The van der Waals surface area contributed by atoms with Crippen LogP contribution >= 0.6 is 0 Å². The summed E-state index contributed by atoms with van der Waals surface area (Å²) in [5.41, 5.74) is 1.56. The molecule has 3 heterocycles. The van der Waals surface area contributed by atoms with Gasteiger partial charge in [-0.2, -0.15) is 13.2 Å². The van der Waals surface area contributed by atoms with Gasteiger partial charge in [0.15, 0.2) is 0 Å². The molecule has 0 spiro atoms. The lowest BCUT2D eigenvalue weighted by atomic mass is 9.92. The highest BCUT2D eigenvalue weighted by molar-refractivity contribution is 7.89. The van der Waals surface area contributed by atoms with Gasteiger partial charge in [-0.15, -0.1) is 0 Å². The molecular weight excluding hydrogens is 477 g/mol.